The summed E-state index contributed by atoms with van der Waals surface area (Å²) in [6.45, 7) is 4.66. The molecule has 0 unspecified atom stereocenters. The largest absolute Gasteiger partial charge is 0.449 e. The lowest BCUT2D eigenvalue weighted by Crippen LogP contribution is -2.45. The highest BCUT2D eigenvalue weighted by Gasteiger charge is 2.27. The van der Waals surface area contributed by atoms with Gasteiger partial charge in [0.05, 0.1) is 16.4 Å². The first kappa shape index (κ1) is 25.7. The van der Waals surface area contributed by atoms with Crippen molar-refractivity contribution in [3.05, 3.63) is 39.8 Å². The number of hydrogen-bond donors (Lipinski definition) is 2. The van der Waals surface area contributed by atoms with Gasteiger partial charge < -0.3 is 20.5 Å². The summed E-state index contributed by atoms with van der Waals surface area (Å²) in [5, 5.41) is 15.7. The Hall–Kier alpha value is -3.89. The molecule has 0 fully saturated rings. The van der Waals surface area contributed by atoms with Gasteiger partial charge in [0.1, 0.15) is 28.4 Å². The minimum absolute atomic E-state index is 0.0429. The summed E-state index contributed by atoms with van der Waals surface area (Å²) in [5.74, 6) is -1.36. The third kappa shape index (κ3) is 7.29. The molecule has 0 bridgehead atoms. The predicted octanol–water partition coefficient (Wildman–Crippen LogP) is 2.93. The van der Waals surface area contributed by atoms with Crippen molar-refractivity contribution < 1.29 is 23.9 Å². The standard InChI is InChI=1S/C22H22N6O5S2/c1-22(2,3)33-21(31)28-14(20(30)32-7-6-23)8-17-26-15(10-34-17)13-5-4-12(9-25-13)19-27-16(11-35-19)18(24)29/h4-5,9-11,14H,7-8H2,1-3H3,(H2,24,29)(H,28,31)/t14-/m0/s1. The molecule has 0 saturated carbocycles. The van der Waals surface area contributed by atoms with E-state index in [2.05, 4.69) is 20.3 Å². The summed E-state index contributed by atoms with van der Waals surface area (Å²) in [6, 6.07) is 4.20. The zero-order valence-corrected chi connectivity index (χ0v) is 20.7. The molecule has 3 N–H and O–H groups in total. The van der Waals surface area contributed by atoms with Gasteiger partial charge in [-0.3, -0.25) is 9.78 Å². The number of rotatable bonds is 8. The van der Waals surface area contributed by atoms with E-state index in [0.29, 0.717) is 21.4 Å². The first-order chi connectivity index (χ1) is 16.6. The van der Waals surface area contributed by atoms with Crippen LogP contribution >= 0.6 is 22.7 Å². The number of carbonyl (C=O) groups excluding carboxylic acids is 3. The number of nitrogens with zero attached hydrogens (tertiary/aromatic N) is 4. The van der Waals surface area contributed by atoms with E-state index in [4.69, 9.17) is 20.5 Å². The van der Waals surface area contributed by atoms with Crippen molar-refractivity contribution in [1.29, 1.82) is 5.26 Å². The van der Waals surface area contributed by atoms with E-state index < -0.39 is 36.2 Å². The fourth-order valence-corrected chi connectivity index (χ4v) is 4.37. The van der Waals surface area contributed by atoms with Crippen molar-refractivity contribution in [2.75, 3.05) is 6.61 Å². The molecular weight excluding hydrogens is 492 g/mol. The molecule has 2 amide bonds. The number of nitrogens with two attached hydrogens (primary N) is 1. The minimum Gasteiger partial charge on any atom is -0.449 e. The lowest BCUT2D eigenvalue weighted by atomic mass is 10.2. The number of alkyl carbamates (subject to hydrolysis) is 1. The zero-order chi connectivity index (χ0) is 25.6. The summed E-state index contributed by atoms with van der Waals surface area (Å²) < 4.78 is 10.1. The molecule has 13 heteroatoms. The molecule has 3 aromatic rings. The second-order valence-corrected chi connectivity index (χ2v) is 9.93. The van der Waals surface area contributed by atoms with Crippen LogP contribution < -0.4 is 11.1 Å². The van der Waals surface area contributed by atoms with E-state index in [1.54, 1.807) is 55.9 Å². The van der Waals surface area contributed by atoms with Gasteiger partial charge in [0, 0.05) is 28.9 Å². The molecule has 182 valence electrons. The Bertz CT molecular complexity index is 1260. The van der Waals surface area contributed by atoms with Gasteiger partial charge in [-0.2, -0.15) is 5.26 Å². The average molecular weight is 515 g/mol. The van der Waals surface area contributed by atoms with E-state index >= 15 is 0 Å². The van der Waals surface area contributed by atoms with Crippen LogP contribution in [0, 0.1) is 11.3 Å². The molecule has 11 nitrogen and oxygen atoms in total. The van der Waals surface area contributed by atoms with Crippen LogP contribution in [0.25, 0.3) is 22.0 Å². The Kier molecular flexibility index (Phi) is 8.10. The summed E-state index contributed by atoms with van der Waals surface area (Å²) in [4.78, 5) is 48.9. The topological polar surface area (TPSA) is 170 Å². The maximum atomic E-state index is 12.4. The fourth-order valence-electron chi connectivity index (χ4n) is 2.74. The highest BCUT2D eigenvalue weighted by Crippen LogP contribution is 2.26. The Labute approximate surface area is 208 Å². The van der Waals surface area contributed by atoms with Crippen LogP contribution in [0.2, 0.25) is 0 Å². The Balaban J connectivity index is 1.73. The zero-order valence-electron chi connectivity index (χ0n) is 19.1. The SMILES string of the molecule is CC(C)(C)OC(=O)N[C@@H](Cc1nc(-c2ccc(-c3nc(C(N)=O)cs3)cn2)cs1)C(=O)OCC#N. The first-order valence-electron chi connectivity index (χ1n) is 10.3. The van der Waals surface area contributed by atoms with Gasteiger partial charge in [0.2, 0.25) is 0 Å². The molecule has 0 aromatic carbocycles. The maximum Gasteiger partial charge on any atom is 0.408 e. The van der Waals surface area contributed by atoms with Gasteiger partial charge in [-0.05, 0) is 32.9 Å². The Morgan fingerprint density at radius 3 is 2.54 bits per heavy atom. The predicted molar refractivity (Wildman–Crippen MR) is 128 cm³/mol. The third-order valence-electron chi connectivity index (χ3n) is 4.21. The number of amides is 2. The smallest absolute Gasteiger partial charge is 0.408 e. The molecule has 0 aliphatic rings. The van der Waals surface area contributed by atoms with Gasteiger partial charge in [0.25, 0.3) is 5.91 Å². The number of hydrogen-bond acceptors (Lipinski definition) is 11. The molecule has 3 aromatic heterocycles. The van der Waals surface area contributed by atoms with Crippen molar-refractivity contribution in [2.24, 2.45) is 5.73 Å². The number of primary amides is 1. The molecule has 0 saturated heterocycles. The van der Waals surface area contributed by atoms with Crippen molar-refractivity contribution in [1.82, 2.24) is 20.3 Å². The average Bonchev–Trinajstić information content (AvgIpc) is 3.46. The first-order valence-corrected chi connectivity index (χ1v) is 12.0. The molecule has 0 spiro atoms. The van der Waals surface area contributed by atoms with Gasteiger partial charge >= 0.3 is 12.1 Å². The third-order valence-corrected chi connectivity index (χ3v) is 5.98. The molecule has 0 radical (unpaired) electrons. The number of nitriles is 1. The summed E-state index contributed by atoms with van der Waals surface area (Å²) in [7, 11) is 0. The lowest BCUT2D eigenvalue weighted by molar-refractivity contribution is -0.144. The van der Waals surface area contributed by atoms with Crippen molar-refractivity contribution in [3.63, 3.8) is 0 Å². The van der Waals surface area contributed by atoms with Crippen LogP contribution in [0.15, 0.2) is 29.1 Å². The molecule has 3 heterocycles. The Morgan fingerprint density at radius 1 is 1.17 bits per heavy atom. The number of esters is 1. The number of ether oxygens (including phenoxy) is 2. The normalized spacial score (nSPS) is 11.8. The second kappa shape index (κ2) is 11.0. The van der Waals surface area contributed by atoms with Crippen molar-refractivity contribution in [3.8, 4) is 28.0 Å². The Morgan fingerprint density at radius 2 is 1.94 bits per heavy atom. The number of thiazole rings is 2. The number of nitrogens with one attached hydrogen (secondary N) is 1. The molecule has 35 heavy (non-hydrogen) atoms. The quantitative estimate of drug-likeness (QED) is 0.429. The van der Waals surface area contributed by atoms with E-state index in [1.807, 2.05) is 0 Å². The number of carbonyl (C=O) groups is 3. The summed E-state index contributed by atoms with van der Waals surface area (Å²) >= 11 is 2.57. The van der Waals surface area contributed by atoms with Crippen LogP contribution in [0.5, 0.6) is 0 Å². The van der Waals surface area contributed by atoms with Crippen LogP contribution in [0.4, 0.5) is 4.79 Å². The van der Waals surface area contributed by atoms with E-state index in [0.717, 1.165) is 5.56 Å². The number of pyridine rings is 1. The highest BCUT2D eigenvalue weighted by molar-refractivity contribution is 7.13. The lowest BCUT2D eigenvalue weighted by Gasteiger charge is -2.22. The maximum absolute atomic E-state index is 12.4. The van der Waals surface area contributed by atoms with Crippen LogP contribution in [-0.4, -0.2) is 51.2 Å². The van der Waals surface area contributed by atoms with E-state index in [1.165, 1.54) is 22.7 Å². The molecule has 3 rings (SSSR count). The summed E-state index contributed by atoms with van der Waals surface area (Å²) in [5.41, 5.74) is 6.58. The number of aromatic nitrogens is 3. The van der Waals surface area contributed by atoms with Crippen LogP contribution in [0.3, 0.4) is 0 Å². The fraction of sp³-hybridized carbons (Fsp3) is 0.318. The highest BCUT2D eigenvalue weighted by atomic mass is 32.1. The molecule has 0 aliphatic heterocycles. The minimum atomic E-state index is -1.09. The van der Waals surface area contributed by atoms with Crippen molar-refractivity contribution >= 4 is 40.6 Å². The second-order valence-electron chi connectivity index (χ2n) is 8.13. The molecule has 1 atom stereocenters. The molecule has 0 aliphatic carbocycles. The van der Waals surface area contributed by atoms with Gasteiger partial charge in [-0.25, -0.2) is 19.6 Å². The van der Waals surface area contributed by atoms with E-state index in [-0.39, 0.29) is 12.1 Å². The molecular formula is C22H22N6O5S2. The van der Waals surface area contributed by atoms with Crippen LogP contribution in [0.1, 0.15) is 36.3 Å². The van der Waals surface area contributed by atoms with E-state index in [9.17, 15) is 14.4 Å². The van der Waals surface area contributed by atoms with Crippen molar-refractivity contribution in [2.45, 2.75) is 38.8 Å². The van der Waals surface area contributed by atoms with Crippen LogP contribution in [-0.2, 0) is 20.7 Å². The monoisotopic (exact) mass is 514 g/mol. The van der Waals surface area contributed by atoms with Gasteiger partial charge in [0.15, 0.2) is 6.61 Å². The van der Waals surface area contributed by atoms with Gasteiger partial charge in [-0.15, -0.1) is 22.7 Å². The van der Waals surface area contributed by atoms with Gasteiger partial charge in [-0.1, -0.05) is 0 Å². The summed E-state index contributed by atoms with van der Waals surface area (Å²) in [6.07, 6.45) is 0.873.